The van der Waals surface area contributed by atoms with Crippen LogP contribution in [0.4, 0.5) is 4.39 Å². The minimum Gasteiger partial charge on any atom is -0.484 e. The fraction of sp³-hybridized carbons (Fsp3) is 0.364. The van der Waals surface area contributed by atoms with Crippen LogP contribution in [0.3, 0.4) is 0 Å². The number of halogens is 2. The van der Waals surface area contributed by atoms with Gasteiger partial charge in [0.2, 0.25) is 0 Å². The lowest BCUT2D eigenvalue weighted by molar-refractivity contribution is -0.164. The van der Waals surface area contributed by atoms with E-state index >= 15 is 0 Å². The molecule has 0 aromatic heterocycles. The molecule has 0 spiro atoms. The summed E-state index contributed by atoms with van der Waals surface area (Å²) < 4.78 is 18.7. The van der Waals surface area contributed by atoms with Crippen LogP contribution in [0.2, 0.25) is 5.02 Å². The maximum absolute atomic E-state index is 13.4. The highest BCUT2D eigenvalue weighted by Crippen LogP contribution is 2.69. The molecule has 0 atom stereocenters. The first-order chi connectivity index (χ1) is 13.3. The second-order valence-electron chi connectivity index (χ2n) is 8.19. The molecule has 1 amide bonds. The molecule has 0 unspecified atom stereocenters. The van der Waals surface area contributed by atoms with E-state index in [1.165, 1.54) is 12.1 Å². The molecule has 5 rings (SSSR count). The molecule has 0 radical (unpaired) electrons. The fourth-order valence-electron chi connectivity index (χ4n) is 4.63. The highest BCUT2D eigenvalue weighted by molar-refractivity contribution is 6.30. The van der Waals surface area contributed by atoms with Gasteiger partial charge in [-0.1, -0.05) is 35.4 Å². The van der Waals surface area contributed by atoms with Crippen LogP contribution in [0.1, 0.15) is 41.6 Å². The predicted molar refractivity (Wildman–Crippen MR) is 104 cm³/mol. The van der Waals surface area contributed by atoms with Crippen molar-refractivity contribution < 1.29 is 18.7 Å². The molecule has 6 heteroatoms. The normalized spacial score (nSPS) is 24.7. The van der Waals surface area contributed by atoms with Gasteiger partial charge in [0.25, 0.3) is 5.91 Å². The van der Waals surface area contributed by atoms with Crippen molar-refractivity contribution in [2.24, 2.45) is 5.41 Å². The van der Waals surface area contributed by atoms with Crippen molar-refractivity contribution >= 4 is 23.3 Å². The number of rotatable bonds is 7. The van der Waals surface area contributed by atoms with Gasteiger partial charge in [-0.05, 0) is 49.8 Å². The van der Waals surface area contributed by atoms with Crippen LogP contribution in [-0.2, 0) is 4.79 Å². The number of amides is 1. The summed E-state index contributed by atoms with van der Waals surface area (Å²) in [7, 11) is 0. The molecule has 2 aromatic rings. The van der Waals surface area contributed by atoms with E-state index in [-0.39, 0.29) is 40.0 Å². The average molecular weight is 402 g/mol. The van der Waals surface area contributed by atoms with Crippen LogP contribution < -0.4 is 10.1 Å². The Morgan fingerprint density at radius 1 is 1.18 bits per heavy atom. The van der Waals surface area contributed by atoms with E-state index in [9.17, 15) is 14.0 Å². The lowest BCUT2D eigenvalue weighted by Gasteiger charge is -2.70. The number of ether oxygens (including phenoxy) is 1. The standard InChI is InChI=1S/C22H21ClFNO3/c1-14-3-2-4-15(7-14)19(26)9-21-11-22(12-21,13-21)25-20(27)10-28-16-5-6-17(23)18(24)8-16/h2-8H,9-13H2,1H3,(H,25,27). The fourth-order valence-corrected chi connectivity index (χ4v) is 4.74. The Bertz CT molecular complexity index is 939. The number of hydrogen-bond donors (Lipinski definition) is 1. The molecule has 0 aliphatic heterocycles. The molecule has 0 saturated heterocycles. The van der Waals surface area contributed by atoms with Crippen molar-refractivity contribution in [3.05, 3.63) is 64.4 Å². The van der Waals surface area contributed by atoms with Gasteiger partial charge >= 0.3 is 0 Å². The number of carbonyl (C=O) groups excluding carboxylic acids is 2. The highest BCUT2D eigenvalue weighted by Gasteiger charge is 2.68. The van der Waals surface area contributed by atoms with Crippen LogP contribution in [-0.4, -0.2) is 23.8 Å². The third-order valence-electron chi connectivity index (χ3n) is 5.68. The summed E-state index contributed by atoms with van der Waals surface area (Å²) in [5.74, 6) is -0.404. The van der Waals surface area contributed by atoms with Crippen molar-refractivity contribution in [1.29, 1.82) is 0 Å². The van der Waals surface area contributed by atoms with Gasteiger partial charge in [-0.2, -0.15) is 0 Å². The summed E-state index contributed by atoms with van der Waals surface area (Å²) in [5, 5.41) is 3.02. The molecule has 3 aliphatic rings. The van der Waals surface area contributed by atoms with E-state index in [4.69, 9.17) is 16.3 Å². The first-order valence-electron chi connectivity index (χ1n) is 9.27. The monoisotopic (exact) mass is 401 g/mol. The Labute approximate surface area is 168 Å². The first-order valence-corrected chi connectivity index (χ1v) is 9.65. The van der Waals surface area contributed by atoms with Crippen LogP contribution in [0.15, 0.2) is 42.5 Å². The zero-order valence-corrected chi connectivity index (χ0v) is 16.3. The largest absolute Gasteiger partial charge is 0.484 e. The topological polar surface area (TPSA) is 55.4 Å². The van der Waals surface area contributed by atoms with Crippen molar-refractivity contribution in [2.45, 2.75) is 38.1 Å². The molecule has 2 bridgehead atoms. The summed E-state index contributed by atoms with van der Waals surface area (Å²) in [4.78, 5) is 24.7. The summed E-state index contributed by atoms with van der Waals surface area (Å²) in [6.07, 6.45) is 2.98. The van der Waals surface area contributed by atoms with Crippen LogP contribution >= 0.6 is 11.6 Å². The zero-order chi connectivity index (χ0) is 19.9. The molecule has 3 aliphatic carbocycles. The van der Waals surface area contributed by atoms with Gasteiger partial charge in [0.1, 0.15) is 11.6 Å². The van der Waals surface area contributed by atoms with Gasteiger partial charge in [0.05, 0.1) is 5.02 Å². The Hall–Kier alpha value is -2.40. The molecule has 0 heterocycles. The predicted octanol–water partition coefficient (Wildman–Crippen LogP) is 4.48. The van der Waals surface area contributed by atoms with Crippen LogP contribution in [0.5, 0.6) is 5.75 Å². The molecule has 28 heavy (non-hydrogen) atoms. The van der Waals surface area contributed by atoms with Crippen LogP contribution in [0.25, 0.3) is 0 Å². The van der Waals surface area contributed by atoms with Crippen molar-refractivity contribution in [3.63, 3.8) is 0 Å². The van der Waals surface area contributed by atoms with Gasteiger partial charge < -0.3 is 10.1 Å². The van der Waals surface area contributed by atoms with Gasteiger partial charge in [-0.15, -0.1) is 0 Å². The van der Waals surface area contributed by atoms with Crippen molar-refractivity contribution in [3.8, 4) is 5.75 Å². The number of ketones is 1. The van der Waals surface area contributed by atoms with Crippen molar-refractivity contribution in [1.82, 2.24) is 5.32 Å². The number of hydrogen-bond acceptors (Lipinski definition) is 3. The number of benzene rings is 2. The second-order valence-corrected chi connectivity index (χ2v) is 8.60. The summed E-state index contributed by atoms with van der Waals surface area (Å²) in [6.45, 7) is 1.79. The smallest absolute Gasteiger partial charge is 0.258 e. The third kappa shape index (κ3) is 3.63. The summed E-state index contributed by atoms with van der Waals surface area (Å²) in [5.41, 5.74) is 1.64. The third-order valence-corrected chi connectivity index (χ3v) is 5.99. The lowest BCUT2D eigenvalue weighted by Crippen LogP contribution is -2.75. The van der Waals surface area contributed by atoms with E-state index in [2.05, 4.69) is 5.32 Å². The van der Waals surface area contributed by atoms with Gasteiger partial charge in [0, 0.05) is 23.6 Å². The van der Waals surface area contributed by atoms with E-state index in [1.807, 2.05) is 31.2 Å². The SMILES string of the molecule is Cc1cccc(C(=O)CC23CC(NC(=O)COc4ccc(Cl)c(F)c4)(C2)C3)c1. The van der Waals surface area contributed by atoms with Crippen molar-refractivity contribution in [2.75, 3.05) is 6.61 Å². The molecular weight excluding hydrogens is 381 g/mol. The summed E-state index contributed by atoms with van der Waals surface area (Å²) in [6, 6.07) is 11.7. The molecule has 3 fully saturated rings. The molecule has 1 N–H and O–H groups in total. The molecule has 2 aromatic carbocycles. The number of nitrogens with one attached hydrogen (secondary N) is 1. The number of aryl methyl sites for hydroxylation is 1. The Morgan fingerprint density at radius 3 is 2.61 bits per heavy atom. The lowest BCUT2D eigenvalue weighted by atomic mass is 9.38. The minimum absolute atomic E-state index is 0.0103. The van der Waals surface area contributed by atoms with E-state index in [0.717, 1.165) is 36.5 Å². The molecule has 146 valence electrons. The van der Waals surface area contributed by atoms with E-state index < -0.39 is 5.82 Å². The van der Waals surface area contributed by atoms with Gasteiger partial charge in [0.15, 0.2) is 12.4 Å². The second kappa shape index (κ2) is 6.89. The average Bonchev–Trinajstić information content (AvgIpc) is 2.59. The van der Waals surface area contributed by atoms with Crippen LogP contribution in [0, 0.1) is 18.2 Å². The molecular formula is C22H21ClFNO3. The van der Waals surface area contributed by atoms with E-state index in [1.54, 1.807) is 0 Å². The maximum Gasteiger partial charge on any atom is 0.258 e. The first kappa shape index (κ1) is 18.9. The highest BCUT2D eigenvalue weighted by atomic mass is 35.5. The van der Waals surface area contributed by atoms with Gasteiger partial charge in [-0.3, -0.25) is 9.59 Å². The molecule has 4 nitrogen and oxygen atoms in total. The number of Topliss-reactive ketones (excluding diaryl/α,β-unsaturated/α-hetero) is 1. The summed E-state index contributed by atoms with van der Waals surface area (Å²) >= 11 is 5.62. The Kier molecular flexibility index (Phi) is 4.66. The quantitative estimate of drug-likeness (QED) is 0.696. The van der Waals surface area contributed by atoms with E-state index in [0.29, 0.717) is 6.42 Å². The molecule has 3 saturated carbocycles. The minimum atomic E-state index is -0.584. The Balaban J connectivity index is 1.24. The Morgan fingerprint density at radius 2 is 1.93 bits per heavy atom. The zero-order valence-electron chi connectivity index (χ0n) is 15.6. The van der Waals surface area contributed by atoms with Gasteiger partial charge in [-0.25, -0.2) is 4.39 Å². The maximum atomic E-state index is 13.4. The number of carbonyl (C=O) groups is 2.